The fourth-order valence-electron chi connectivity index (χ4n) is 2.20. The van der Waals surface area contributed by atoms with Gasteiger partial charge < -0.3 is 9.26 Å². The molecule has 0 radical (unpaired) electrons. The summed E-state index contributed by atoms with van der Waals surface area (Å²) in [5.74, 6) is 0.198. The topological polar surface area (TPSA) is 78.1 Å². The van der Waals surface area contributed by atoms with Crippen LogP contribution >= 0.6 is 11.3 Å². The summed E-state index contributed by atoms with van der Waals surface area (Å²) in [5.41, 5.74) is 0.983. The summed E-state index contributed by atoms with van der Waals surface area (Å²) >= 11 is 1.51. The van der Waals surface area contributed by atoms with E-state index in [1.807, 2.05) is 47.8 Å². The van der Waals surface area contributed by atoms with E-state index in [4.69, 9.17) is 9.26 Å². The summed E-state index contributed by atoms with van der Waals surface area (Å²) in [5, 5.41) is 6.76. The van der Waals surface area contributed by atoms with Crippen LogP contribution in [-0.2, 0) is 11.3 Å². The van der Waals surface area contributed by atoms with Crippen LogP contribution in [0.25, 0.3) is 21.6 Å². The van der Waals surface area contributed by atoms with Gasteiger partial charge in [0.15, 0.2) is 6.61 Å². The number of carbonyl (C=O) groups excluding carboxylic acids is 1. The molecule has 0 aliphatic heterocycles. The minimum atomic E-state index is -0.531. The highest BCUT2D eigenvalue weighted by atomic mass is 32.1. The standard InChI is InChI=1S/C17H11N3O3S/c21-17(13-8-7-11-4-1-2-5-12(11)18-13)22-10-15-19-16(20-23-15)14-6-3-9-24-14/h1-9H,10H2. The Morgan fingerprint density at radius 2 is 2.00 bits per heavy atom. The van der Waals surface area contributed by atoms with Gasteiger partial charge in [0.1, 0.15) is 5.69 Å². The zero-order chi connectivity index (χ0) is 16.4. The molecule has 0 atom stereocenters. The molecule has 1 aromatic carbocycles. The smallest absolute Gasteiger partial charge is 0.357 e. The second-order valence-electron chi connectivity index (χ2n) is 4.95. The number of pyridine rings is 1. The molecular weight excluding hydrogens is 326 g/mol. The average molecular weight is 337 g/mol. The van der Waals surface area contributed by atoms with Gasteiger partial charge in [-0.25, -0.2) is 9.78 Å². The number of benzene rings is 1. The Hall–Kier alpha value is -3.06. The quantitative estimate of drug-likeness (QED) is 0.528. The van der Waals surface area contributed by atoms with E-state index in [9.17, 15) is 4.79 Å². The van der Waals surface area contributed by atoms with Gasteiger partial charge in [-0.1, -0.05) is 35.5 Å². The van der Waals surface area contributed by atoms with E-state index < -0.39 is 5.97 Å². The molecule has 0 fully saturated rings. The van der Waals surface area contributed by atoms with Crippen LogP contribution in [-0.4, -0.2) is 21.1 Å². The van der Waals surface area contributed by atoms with Crippen LogP contribution in [0.2, 0.25) is 0 Å². The molecular formula is C17H11N3O3S. The number of esters is 1. The van der Waals surface area contributed by atoms with Crippen LogP contribution in [0.3, 0.4) is 0 Å². The van der Waals surface area contributed by atoms with E-state index in [-0.39, 0.29) is 18.2 Å². The third-order valence-corrected chi connectivity index (χ3v) is 4.21. The fourth-order valence-corrected chi connectivity index (χ4v) is 2.85. The van der Waals surface area contributed by atoms with Crippen LogP contribution in [0.15, 0.2) is 58.4 Å². The molecule has 4 aromatic rings. The van der Waals surface area contributed by atoms with Gasteiger partial charge in [-0.3, -0.25) is 0 Å². The number of fused-ring (bicyclic) bond motifs is 1. The second-order valence-corrected chi connectivity index (χ2v) is 5.90. The first kappa shape index (κ1) is 14.5. The molecule has 3 aromatic heterocycles. The SMILES string of the molecule is O=C(OCc1nc(-c2cccs2)no1)c1ccc2ccccc2n1. The second kappa shape index (κ2) is 6.21. The lowest BCUT2D eigenvalue weighted by Crippen LogP contribution is -2.07. The first-order valence-electron chi connectivity index (χ1n) is 7.19. The van der Waals surface area contributed by atoms with Crippen molar-refractivity contribution >= 4 is 28.2 Å². The molecule has 0 bridgehead atoms. The first-order valence-corrected chi connectivity index (χ1v) is 8.07. The van der Waals surface area contributed by atoms with Gasteiger partial charge in [0.05, 0.1) is 10.4 Å². The molecule has 3 heterocycles. The van der Waals surface area contributed by atoms with E-state index in [1.165, 1.54) is 11.3 Å². The van der Waals surface area contributed by atoms with Gasteiger partial charge in [-0.2, -0.15) is 4.98 Å². The number of hydrogen-bond acceptors (Lipinski definition) is 7. The number of hydrogen-bond donors (Lipinski definition) is 0. The van der Waals surface area contributed by atoms with Crippen molar-refractivity contribution in [3.05, 3.63) is 65.5 Å². The normalized spacial score (nSPS) is 10.8. The summed E-state index contributed by atoms with van der Waals surface area (Å²) in [6.07, 6.45) is 0. The largest absolute Gasteiger partial charge is 0.451 e. The zero-order valence-corrected chi connectivity index (χ0v) is 13.2. The van der Waals surface area contributed by atoms with Crippen molar-refractivity contribution in [1.29, 1.82) is 0 Å². The highest BCUT2D eigenvalue weighted by Gasteiger charge is 2.14. The van der Waals surface area contributed by atoms with Gasteiger partial charge in [0.25, 0.3) is 5.89 Å². The van der Waals surface area contributed by atoms with Crippen LogP contribution < -0.4 is 0 Å². The molecule has 0 unspecified atom stereocenters. The summed E-state index contributed by atoms with van der Waals surface area (Å²) < 4.78 is 10.3. The number of ether oxygens (including phenoxy) is 1. The van der Waals surface area contributed by atoms with Crippen molar-refractivity contribution in [2.45, 2.75) is 6.61 Å². The predicted molar refractivity (Wildman–Crippen MR) is 88.5 cm³/mol. The fraction of sp³-hybridized carbons (Fsp3) is 0.0588. The number of nitrogens with zero attached hydrogens (tertiary/aromatic N) is 3. The highest BCUT2D eigenvalue weighted by molar-refractivity contribution is 7.13. The maximum Gasteiger partial charge on any atom is 0.357 e. The number of carbonyl (C=O) groups is 1. The average Bonchev–Trinajstić information content (AvgIpc) is 3.30. The van der Waals surface area contributed by atoms with Crippen molar-refractivity contribution in [3.63, 3.8) is 0 Å². The number of rotatable bonds is 4. The molecule has 4 rings (SSSR count). The highest BCUT2D eigenvalue weighted by Crippen LogP contribution is 2.21. The van der Waals surface area contributed by atoms with E-state index in [2.05, 4.69) is 15.1 Å². The molecule has 0 N–H and O–H groups in total. The van der Waals surface area contributed by atoms with Crippen molar-refractivity contribution < 1.29 is 14.1 Å². The monoisotopic (exact) mass is 337 g/mol. The maximum atomic E-state index is 12.1. The molecule has 0 aliphatic carbocycles. The number of thiophene rings is 1. The van der Waals surface area contributed by atoms with Crippen molar-refractivity contribution in [3.8, 4) is 10.7 Å². The van der Waals surface area contributed by atoms with Gasteiger partial charge in [-0.15, -0.1) is 11.3 Å². The Balaban J connectivity index is 1.46. The lowest BCUT2D eigenvalue weighted by Gasteiger charge is -2.02. The summed E-state index contributed by atoms with van der Waals surface area (Å²) in [6.45, 7) is -0.0916. The molecule has 0 amide bonds. The summed E-state index contributed by atoms with van der Waals surface area (Å²) in [4.78, 5) is 21.5. The van der Waals surface area contributed by atoms with Gasteiger partial charge in [0, 0.05) is 5.39 Å². The van der Waals surface area contributed by atoms with E-state index in [1.54, 1.807) is 6.07 Å². The van der Waals surface area contributed by atoms with Crippen LogP contribution in [0.1, 0.15) is 16.4 Å². The molecule has 6 nitrogen and oxygen atoms in total. The summed E-state index contributed by atoms with van der Waals surface area (Å²) in [7, 11) is 0. The number of para-hydroxylation sites is 1. The Morgan fingerprint density at radius 1 is 1.08 bits per heavy atom. The molecule has 118 valence electrons. The van der Waals surface area contributed by atoms with Gasteiger partial charge in [-0.05, 0) is 23.6 Å². The van der Waals surface area contributed by atoms with Gasteiger partial charge >= 0.3 is 5.97 Å². The lowest BCUT2D eigenvalue weighted by molar-refractivity contribution is 0.0423. The summed E-state index contributed by atoms with van der Waals surface area (Å²) in [6, 6.07) is 14.8. The predicted octanol–water partition coefficient (Wildman–Crippen LogP) is 3.70. The molecule has 0 saturated heterocycles. The van der Waals surface area contributed by atoms with Crippen molar-refractivity contribution in [2.24, 2.45) is 0 Å². The van der Waals surface area contributed by atoms with Crippen molar-refractivity contribution in [2.75, 3.05) is 0 Å². The zero-order valence-electron chi connectivity index (χ0n) is 12.4. The number of aromatic nitrogens is 3. The molecule has 0 saturated carbocycles. The van der Waals surface area contributed by atoms with Crippen LogP contribution in [0, 0.1) is 0 Å². The Labute approximate surface area is 140 Å². The molecule has 7 heteroatoms. The molecule has 0 aliphatic rings. The minimum Gasteiger partial charge on any atom is -0.451 e. The van der Waals surface area contributed by atoms with Crippen molar-refractivity contribution in [1.82, 2.24) is 15.1 Å². The third kappa shape index (κ3) is 2.89. The molecule has 0 spiro atoms. The maximum absolute atomic E-state index is 12.1. The first-order chi connectivity index (χ1) is 11.8. The third-order valence-electron chi connectivity index (χ3n) is 3.34. The Morgan fingerprint density at radius 3 is 2.88 bits per heavy atom. The lowest BCUT2D eigenvalue weighted by atomic mass is 10.2. The van der Waals surface area contributed by atoms with E-state index >= 15 is 0 Å². The Kier molecular flexibility index (Phi) is 3.76. The van der Waals surface area contributed by atoms with Crippen LogP contribution in [0.5, 0.6) is 0 Å². The molecule has 24 heavy (non-hydrogen) atoms. The van der Waals surface area contributed by atoms with E-state index in [0.717, 1.165) is 15.8 Å². The van der Waals surface area contributed by atoms with Gasteiger partial charge in [0.2, 0.25) is 5.82 Å². The Bertz CT molecular complexity index is 995. The van der Waals surface area contributed by atoms with E-state index in [0.29, 0.717) is 5.82 Å². The minimum absolute atomic E-state index is 0.0916. The van der Waals surface area contributed by atoms with Crippen LogP contribution in [0.4, 0.5) is 0 Å².